The minimum Gasteiger partial charge on any atom is -0.306 e. The van der Waals surface area contributed by atoms with E-state index in [2.05, 4.69) is 65.9 Å². The van der Waals surface area contributed by atoms with E-state index in [-0.39, 0.29) is 0 Å². The van der Waals surface area contributed by atoms with Crippen LogP contribution >= 0.6 is 11.3 Å². The van der Waals surface area contributed by atoms with Crippen LogP contribution in [-0.4, -0.2) is 25.0 Å². The lowest BCUT2D eigenvalue weighted by atomic mass is 9.91. The van der Waals surface area contributed by atoms with Crippen molar-refractivity contribution in [3.63, 3.8) is 0 Å². The zero-order valence-electron chi connectivity index (χ0n) is 13.0. The highest BCUT2D eigenvalue weighted by Crippen LogP contribution is 2.31. The van der Waals surface area contributed by atoms with Crippen LogP contribution < -0.4 is 0 Å². The Labute approximate surface area is 136 Å². The molecule has 1 fully saturated rings. The Kier molecular flexibility index (Phi) is 3.73. The van der Waals surface area contributed by atoms with E-state index >= 15 is 0 Å². The molecule has 2 aromatic carbocycles. The second kappa shape index (κ2) is 5.86. The minimum absolute atomic E-state index is 0.802. The molecular weight excluding hydrogens is 286 g/mol. The first-order valence-electron chi connectivity index (χ1n) is 8.04. The average molecular weight is 307 g/mol. The van der Waals surface area contributed by atoms with Gasteiger partial charge in [0.05, 0.1) is 0 Å². The van der Waals surface area contributed by atoms with E-state index in [1.807, 2.05) is 11.3 Å². The lowest BCUT2D eigenvalue weighted by Crippen LogP contribution is -2.15. The number of likely N-dealkylation sites (tertiary alicyclic amines) is 1. The van der Waals surface area contributed by atoms with Gasteiger partial charge in [-0.3, -0.25) is 0 Å². The van der Waals surface area contributed by atoms with Gasteiger partial charge < -0.3 is 4.90 Å². The summed E-state index contributed by atoms with van der Waals surface area (Å²) >= 11 is 1.82. The fraction of sp³-hybridized carbons (Fsp3) is 0.300. The molecule has 1 aliphatic rings. The second-order valence-electron chi connectivity index (χ2n) is 6.45. The van der Waals surface area contributed by atoms with Gasteiger partial charge in [-0.05, 0) is 78.0 Å². The average Bonchev–Trinajstić information content (AvgIpc) is 3.16. The zero-order valence-corrected chi connectivity index (χ0v) is 13.8. The third-order valence-electron chi connectivity index (χ3n) is 4.78. The van der Waals surface area contributed by atoms with E-state index in [0.717, 1.165) is 5.92 Å². The molecule has 1 aliphatic heterocycles. The number of hydrogen-bond acceptors (Lipinski definition) is 2. The van der Waals surface area contributed by atoms with E-state index in [1.165, 1.54) is 52.7 Å². The van der Waals surface area contributed by atoms with Crippen molar-refractivity contribution in [2.24, 2.45) is 5.92 Å². The predicted octanol–water partition coefficient (Wildman–Crippen LogP) is 5.06. The molecular formula is C20H21NS. The lowest BCUT2D eigenvalue weighted by molar-refractivity contribution is 0.394. The fourth-order valence-corrected chi connectivity index (χ4v) is 4.39. The predicted molar refractivity (Wildman–Crippen MR) is 96.6 cm³/mol. The van der Waals surface area contributed by atoms with Crippen molar-refractivity contribution >= 4 is 21.4 Å². The maximum absolute atomic E-state index is 2.45. The molecule has 3 aromatic rings. The van der Waals surface area contributed by atoms with Crippen molar-refractivity contribution in [3.8, 4) is 11.1 Å². The normalized spacial score (nSPS) is 19.0. The van der Waals surface area contributed by atoms with Gasteiger partial charge in [0.25, 0.3) is 0 Å². The van der Waals surface area contributed by atoms with Gasteiger partial charge in [0, 0.05) is 11.2 Å². The summed E-state index contributed by atoms with van der Waals surface area (Å²) in [5.41, 5.74) is 4.26. The van der Waals surface area contributed by atoms with Gasteiger partial charge in [-0.2, -0.15) is 0 Å². The van der Waals surface area contributed by atoms with Crippen molar-refractivity contribution in [1.82, 2.24) is 4.90 Å². The largest absolute Gasteiger partial charge is 0.306 e. The Morgan fingerprint density at radius 1 is 1.14 bits per heavy atom. The Bertz CT molecular complexity index is 789. The van der Waals surface area contributed by atoms with Gasteiger partial charge in [0.1, 0.15) is 0 Å². The molecule has 0 radical (unpaired) electrons. The number of fused-ring (bicyclic) bond motifs is 1. The van der Waals surface area contributed by atoms with E-state index in [0.29, 0.717) is 0 Å². The van der Waals surface area contributed by atoms with Crippen LogP contribution in [0.15, 0.2) is 53.9 Å². The molecule has 0 amide bonds. The summed E-state index contributed by atoms with van der Waals surface area (Å²) < 4.78 is 1.37. The quantitative estimate of drug-likeness (QED) is 0.653. The highest BCUT2D eigenvalue weighted by atomic mass is 32.1. The molecule has 1 saturated heterocycles. The Morgan fingerprint density at radius 2 is 2.05 bits per heavy atom. The topological polar surface area (TPSA) is 3.24 Å². The maximum atomic E-state index is 2.45. The van der Waals surface area contributed by atoms with Crippen LogP contribution in [0.5, 0.6) is 0 Å². The number of hydrogen-bond donors (Lipinski definition) is 0. The molecule has 2 heteroatoms. The number of rotatable bonds is 3. The molecule has 22 heavy (non-hydrogen) atoms. The zero-order chi connectivity index (χ0) is 14.9. The van der Waals surface area contributed by atoms with Crippen LogP contribution in [0.25, 0.3) is 21.2 Å². The van der Waals surface area contributed by atoms with Crippen LogP contribution in [0.2, 0.25) is 0 Å². The van der Waals surface area contributed by atoms with Gasteiger partial charge in [-0.1, -0.05) is 30.3 Å². The van der Waals surface area contributed by atoms with Gasteiger partial charge in [0.15, 0.2) is 0 Å². The summed E-state index contributed by atoms with van der Waals surface area (Å²) in [4.78, 5) is 2.45. The first kappa shape index (κ1) is 14.0. The van der Waals surface area contributed by atoms with E-state index < -0.39 is 0 Å². The summed E-state index contributed by atoms with van der Waals surface area (Å²) in [6, 6.07) is 18.0. The monoisotopic (exact) mass is 307 g/mol. The Morgan fingerprint density at radius 3 is 2.91 bits per heavy atom. The lowest BCUT2D eigenvalue weighted by Gasteiger charge is -2.14. The Hall–Kier alpha value is -1.64. The summed E-state index contributed by atoms with van der Waals surface area (Å²) in [5, 5.41) is 3.53. The van der Waals surface area contributed by atoms with Gasteiger partial charge in [0.2, 0.25) is 0 Å². The third kappa shape index (κ3) is 2.69. The van der Waals surface area contributed by atoms with Crippen molar-refractivity contribution in [3.05, 3.63) is 59.5 Å². The van der Waals surface area contributed by atoms with Gasteiger partial charge >= 0.3 is 0 Å². The smallest absolute Gasteiger partial charge is 0.0343 e. The van der Waals surface area contributed by atoms with E-state index in [9.17, 15) is 0 Å². The van der Waals surface area contributed by atoms with Crippen LogP contribution in [0.1, 0.15) is 12.0 Å². The highest BCUT2D eigenvalue weighted by molar-refractivity contribution is 7.17. The summed E-state index contributed by atoms with van der Waals surface area (Å²) in [6.07, 6.45) is 2.52. The highest BCUT2D eigenvalue weighted by Gasteiger charge is 2.20. The molecule has 0 bridgehead atoms. The van der Waals surface area contributed by atoms with Crippen LogP contribution in [0.3, 0.4) is 0 Å². The molecule has 1 aromatic heterocycles. The van der Waals surface area contributed by atoms with Crippen LogP contribution in [-0.2, 0) is 6.42 Å². The SMILES string of the molecule is CN1CCC(Cc2ccccc2-c2ccc3sccc3c2)C1. The number of benzene rings is 2. The summed E-state index contributed by atoms with van der Waals surface area (Å²) in [5.74, 6) is 0.802. The van der Waals surface area contributed by atoms with Crippen molar-refractivity contribution in [2.45, 2.75) is 12.8 Å². The van der Waals surface area contributed by atoms with Crippen molar-refractivity contribution < 1.29 is 0 Å². The molecule has 0 aliphatic carbocycles. The molecule has 2 heterocycles. The van der Waals surface area contributed by atoms with Crippen molar-refractivity contribution in [1.29, 1.82) is 0 Å². The summed E-state index contributed by atoms with van der Waals surface area (Å²) in [6.45, 7) is 2.48. The maximum Gasteiger partial charge on any atom is 0.0343 e. The first-order chi connectivity index (χ1) is 10.8. The minimum atomic E-state index is 0.802. The number of thiophene rings is 1. The molecule has 1 unspecified atom stereocenters. The number of nitrogens with zero attached hydrogens (tertiary/aromatic N) is 1. The molecule has 1 atom stereocenters. The van der Waals surface area contributed by atoms with E-state index in [4.69, 9.17) is 0 Å². The molecule has 4 rings (SSSR count). The first-order valence-corrected chi connectivity index (χ1v) is 8.91. The molecule has 1 nitrogen and oxygen atoms in total. The standard InChI is InChI=1S/C20H21NS/c1-21-10-8-15(14-21)12-16-4-2-3-5-19(16)17-6-7-20-18(13-17)9-11-22-20/h2-7,9,11,13,15H,8,10,12,14H2,1H3. The molecule has 112 valence electrons. The van der Waals surface area contributed by atoms with Crippen LogP contribution in [0.4, 0.5) is 0 Å². The second-order valence-corrected chi connectivity index (χ2v) is 7.40. The van der Waals surface area contributed by atoms with Crippen molar-refractivity contribution in [2.75, 3.05) is 20.1 Å². The Balaban J connectivity index is 1.68. The fourth-order valence-electron chi connectivity index (χ4n) is 3.62. The van der Waals surface area contributed by atoms with Gasteiger partial charge in [-0.15, -0.1) is 11.3 Å². The third-order valence-corrected chi connectivity index (χ3v) is 5.68. The van der Waals surface area contributed by atoms with E-state index in [1.54, 1.807) is 0 Å². The summed E-state index contributed by atoms with van der Waals surface area (Å²) in [7, 11) is 2.23. The molecule has 0 N–H and O–H groups in total. The van der Waals surface area contributed by atoms with Crippen LogP contribution in [0, 0.1) is 5.92 Å². The molecule has 0 spiro atoms. The molecule has 0 saturated carbocycles. The van der Waals surface area contributed by atoms with Gasteiger partial charge in [-0.25, -0.2) is 0 Å².